The number of halogens is 1. The highest BCUT2D eigenvalue weighted by atomic mass is 19.1. The lowest BCUT2D eigenvalue weighted by Gasteiger charge is -2.57. The van der Waals surface area contributed by atoms with Crippen molar-refractivity contribution < 1.29 is 8.91 Å². The summed E-state index contributed by atoms with van der Waals surface area (Å²) >= 11 is 0. The molecule has 1 N–H and O–H groups in total. The Morgan fingerprint density at radius 3 is 2.48 bits per heavy atom. The fourth-order valence-corrected chi connectivity index (χ4v) is 5.92. The Labute approximate surface area is 147 Å². The predicted octanol–water partition coefficient (Wildman–Crippen LogP) is 4.24. The summed E-state index contributed by atoms with van der Waals surface area (Å²) in [6.45, 7) is 2.46. The maximum atomic E-state index is 14.1. The van der Waals surface area contributed by atoms with Gasteiger partial charge in [0.1, 0.15) is 5.82 Å². The second-order valence-corrected chi connectivity index (χ2v) is 8.50. The van der Waals surface area contributed by atoms with E-state index in [9.17, 15) is 4.39 Å². The summed E-state index contributed by atoms with van der Waals surface area (Å²) in [7, 11) is 0. The van der Waals surface area contributed by atoms with Gasteiger partial charge in [0.2, 0.25) is 0 Å². The Kier molecular flexibility index (Phi) is 3.49. The zero-order valence-corrected chi connectivity index (χ0v) is 14.6. The first-order valence-electron chi connectivity index (χ1n) is 9.43. The number of hydrogen-bond donors (Lipinski definition) is 1. The molecule has 4 fully saturated rings. The first-order chi connectivity index (χ1) is 12.1. The SMILES string of the molecule is Cc1cccc(F)c1-c1nc(CNC23CC4CC(CC(C4)C2)C3)no1. The molecule has 2 aromatic rings. The van der Waals surface area contributed by atoms with Gasteiger partial charge >= 0.3 is 0 Å². The highest BCUT2D eigenvalue weighted by Crippen LogP contribution is 2.55. The van der Waals surface area contributed by atoms with Crippen molar-refractivity contribution in [1.82, 2.24) is 15.5 Å². The van der Waals surface area contributed by atoms with Gasteiger partial charge in [0, 0.05) is 5.54 Å². The van der Waals surface area contributed by atoms with Crippen molar-refractivity contribution in [2.24, 2.45) is 17.8 Å². The van der Waals surface area contributed by atoms with Crippen molar-refractivity contribution in [3.63, 3.8) is 0 Å². The molecule has 4 bridgehead atoms. The highest BCUT2D eigenvalue weighted by Gasteiger charge is 2.50. The number of benzene rings is 1. The van der Waals surface area contributed by atoms with Crippen molar-refractivity contribution in [2.75, 3.05) is 0 Å². The van der Waals surface area contributed by atoms with Crippen LogP contribution in [0.3, 0.4) is 0 Å². The molecule has 1 aromatic heterocycles. The molecule has 132 valence electrons. The number of aromatic nitrogens is 2. The molecule has 0 aliphatic heterocycles. The van der Waals surface area contributed by atoms with Gasteiger partial charge in [-0.05, 0) is 74.8 Å². The molecule has 0 radical (unpaired) electrons. The molecule has 4 aliphatic carbocycles. The average molecular weight is 341 g/mol. The van der Waals surface area contributed by atoms with Gasteiger partial charge in [-0.3, -0.25) is 0 Å². The fourth-order valence-electron chi connectivity index (χ4n) is 5.92. The monoisotopic (exact) mass is 341 g/mol. The van der Waals surface area contributed by atoms with Crippen LogP contribution in [0, 0.1) is 30.5 Å². The van der Waals surface area contributed by atoms with Crippen LogP contribution in [0.15, 0.2) is 22.7 Å². The van der Waals surface area contributed by atoms with E-state index in [1.807, 2.05) is 13.0 Å². The van der Waals surface area contributed by atoms with Gasteiger partial charge in [0.15, 0.2) is 5.82 Å². The van der Waals surface area contributed by atoms with Gasteiger partial charge in [-0.1, -0.05) is 17.3 Å². The Morgan fingerprint density at radius 2 is 1.84 bits per heavy atom. The normalized spacial score (nSPS) is 33.1. The Balaban J connectivity index is 1.32. The molecule has 0 amide bonds. The third-order valence-corrected chi connectivity index (χ3v) is 6.56. The largest absolute Gasteiger partial charge is 0.334 e. The molecular weight excluding hydrogens is 317 g/mol. The minimum Gasteiger partial charge on any atom is -0.334 e. The lowest BCUT2D eigenvalue weighted by molar-refractivity contribution is -0.0209. The maximum Gasteiger partial charge on any atom is 0.261 e. The second-order valence-electron chi connectivity index (χ2n) is 8.50. The molecule has 4 nitrogen and oxygen atoms in total. The van der Waals surface area contributed by atoms with Crippen molar-refractivity contribution in [3.05, 3.63) is 35.4 Å². The summed E-state index contributed by atoms with van der Waals surface area (Å²) in [4.78, 5) is 4.44. The lowest BCUT2D eigenvalue weighted by atomic mass is 9.53. The number of nitrogens with one attached hydrogen (secondary N) is 1. The molecule has 6 rings (SSSR count). The van der Waals surface area contributed by atoms with Crippen LogP contribution in [0.4, 0.5) is 4.39 Å². The van der Waals surface area contributed by atoms with E-state index in [-0.39, 0.29) is 17.2 Å². The summed E-state index contributed by atoms with van der Waals surface area (Å²) in [5.74, 6) is 3.29. The molecule has 25 heavy (non-hydrogen) atoms. The Hall–Kier alpha value is -1.75. The van der Waals surface area contributed by atoms with Gasteiger partial charge in [0.25, 0.3) is 5.89 Å². The standard InChI is InChI=1S/C20H24FN3O/c1-12-3-2-4-16(21)18(12)19-23-17(24-25-19)11-22-20-8-13-5-14(9-20)7-15(6-13)10-20/h2-4,13-15,22H,5-11H2,1H3. The van der Waals surface area contributed by atoms with E-state index in [0.717, 1.165) is 23.3 Å². The fraction of sp³-hybridized carbons (Fsp3) is 0.600. The third kappa shape index (κ3) is 2.69. The molecule has 4 aliphatic rings. The first-order valence-corrected chi connectivity index (χ1v) is 9.43. The summed E-state index contributed by atoms with van der Waals surface area (Å²) in [6.07, 6.45) is 8.15. The maximum absolute atomic E-state index is 14.1. The Bertz CT molecular complexity index is 744. The van der Waals surface area contributed by atoms with Crippen molar-refractivity contribution in [2.45, 2.75) is 57.5 Å². The molecule has 0 unspecified atom stereocenters. The van der Waals surface area contributed by atoms with E-state index in [0.29, 0.717) is 17.9 Å². The zero-order valence-electron chi connectivity index (χ0n) is 14.6. The molecule has 0 spiro atoms. The minimum atomic E-state index is -0.316. The minimum absolute atomic E-state index is 0.267. The van der Waals surface area contributed by atoms with Crippen molar-refractivity contribution >= 4 is 0 Å². The highest BCUT2D eigenvalue weighted by molar-refractivity contribution is 5.58. The van der Waals surface area contributed by atoms with Crippen molar-refractivity contribution in [3.8, 4) is 11.5 Å². The molecular formula is C20H24FN3O. The van der Waals surface area contributed by atoms with Gasteiger partial charge in [-0.15, -0.1) is 0 Å². The predicted molar refractivity (Wildman–Crippen MR) is 92.2 cm³/mol. The van der Waals surface area contributed by atoms with Crippen LogP contribution in [0.25, 0.3) is 11.5 Å². The smallest absolute Gasteiger partial charge is 0.261 e. The van der Waals surface area contributed by atoms with Crippen LogP contribution >= 0.6 is 0 Å². The number of rotatable bonds is 4. The summed E-state index contributed by atoms with van der Waals surface area (Å²) in [5.41, 5.74) is 1.49. The molecule has 0 atom stereocenters. The van der Waals surface area contributed by atoms with Crippen molar-refractivity contribution in [1.29, 1.82) is 0 Å². The van der Waals surface area contributed by atoms with E-state index in [1.54, 1.807) is 6.07 Å². The average Bonchev–Trinajstić information content (AvgIpc) is 3.00. The molecule has 1 aromatic carbocycles. The van der Waals surface area contributed by atoms with Gasteiger partial charge in [-0.25, -0.2) is 4.39 Å². The van der Waals surface area contributed by atoms with Crippen LogP contribution in [0.5, 0.6) is 0 Å². The molecule has 0 saturated heterocycles. The van der Waals surface area contributed by atoms with E-state index < -0.39 is 0 Å². The summed E-state index contributed by atoms with van der Waals surface area (Å²) in [6, 6.07) is 4.98. The first kappa shape index (κ1) is 15.5. The lowest BCUT2D eigenvalue weighted by Crippen LogP contribution is -2.58. The quantitative estimate of drug-likeness (QED) is 0.903. The summed E-state index contributed by atoms with van der Waals surface area (Å²) < 4.78 is 19.4. The topological polar surface area (TPSA) is 51.0 Å². The van der Waals surface area contributed by atoms with Crippen LogP contribution in [0.1, 0.15) is 49.9 Å². The van der Waals surface area contributed by atoms with Crippen LogP contribution in [-0.4, -0.2) is 15.7 Å². The Morgan fingerprint density at radius 1 is 1.16 bits per heavy atom. The third-order valence-electron chi connectivity index (χ3n) is 6.56. The van der Waals surface area contributed by atoms with Gasteiger partial charge < -0.3 is 9.84 Å². The zero-order chi connectivity index (χ0) is 17.0. The van der Waals surface area contributed by atoms with Crippen LogP contribution in [0.2, 0.25) is 0 Å². The van der Waals surface area contributed by atoms with E-state index in [2.05, 4.69) is 15.5 Å². The number of aryl methyl sites for hydroxylation is 1. The molecule has 1 heterocycles. The van der Waals surface area contributed by atoms with Gasteiger partial charge in [0.05, 0.1) is 12.1 Å². The molecule has 4 saturated carbocycles. The van der Waals surface area contributed by atoms with Crippen LogP contribution in [-0.2, 0) is 6.54 Å². The van der Waals surface area contributed by atoms with E-state index in [1.165, 1.54) is 44.6 Å². The number of nitrogens with zero attached hydrogens (tertiary/aromatic N) is 2. The van der Waals surface area contributed by atoms with E-state index in [4.69, 9.17) is 4.52 Å². The van der Waals surface area contributed by atoms with Crippen LogP contribution < -0.4 is 5.32 Å². The number of hydrogen-bond acceptors (Lipinski definition) is 4. The van der Waals surface area contributed by atoms with Gasteiger partial charge in [-0.2, -0.15) is 4.98 Å². The molecule has 5 heteroatoms. The summed E-state index contributed by atoms with van der Waals surface area (Å²) in [5, 5.41) is 7.84. The second kappa shape index (κ2) is 5.63. The van der Waals surface area contributed by atoms with E-state index >= 15 is 0 Å².